The van der Waals surface area contributed by atoms with Crippen LogP contribution in [-0.2, 0) is 6.54 Å². The smallest absolute Gasteiger partial charge is 0.0434 e. The standard InChI is InChI=1S/C18H24N2O/c1-2-15(8-10-21)12-20-13-16-5-3-6-17(11-16)18-7-4-9-19-14-18/h3-7,9,11,14-15,20-21H,2,8,10,12-13H2,1H3. The number of nitrogens with zero attached hydrogens (tertiary/aromatic N) is 1. The Bertz CT molecular complexity index is 528. The summed E-state index contributed by atoms with van der Waals surface area (Å²) in [7, 11) is 0. The number of pyridine rings is 1. The van der Waals surface area contributed by atoms with E-state index in [-0.39, 0.29) is 6.61 Å². The molecule has 0 bridgehead atoms. The average Bonchev–Trinajstić information content (AvgIpc) is 2.55. The van der Waals surface area contributed by atoms with Gasteiger partial charge in [0.1, 0.15) is 0 Å². The largest absolute Gasteiger partial charge is 0.396 e. The lowest BCUT2D eigenvalue weighted by Gasteiger charge is -2.14. The van der Waals surface area contributed by atoms with Gasteiger partial charge < -0.3 is 10.4 Å². The van der Waals surface area contributed by atoms with Gasteiger partial charge in [0.05, 0.1) is 0 Å². The van der Waals surface area contributed by atoms with Crippen molar-refractivity contribution in [3.8, 4) is 11.1 Å². The highest BCUT2D eigenvalue weighted by molar-refractivity contribution is 5.62. The third-order valence-corrected chi connectivity index (χ3v) is 3.80. The Hall–Kier alpha value is -1.71. The van der Waals surface area contributed by atoms with Crippen LogP contribution in [0.15, 0.2) is 48.8 Å². The van der Waals surface area contributed by atoms with Crippen LogP contribution in [0, 0.1) is 5.92 Å². The van der Waals surface area contributed by atoms with Crippen molar-refractivity contribution < 1.29 is 5.11 Å². The summed E-state index contributed by atoms with van der Waals surface area (Å²) < 4.78 is 0. The van der Waals surface area contributed by atoms with Crippen LogP contribution in [0.2, 0.25) is 0 Å². The van der Waals surface area contributed by atoms with E-state index in [9.17, 15) is 0 Å². The second kappa shape index (κ2) is 8.55. The molecule has 112 valence electrons. The molecule has 0 fully saturated rings. The molecule has 1 heterocycles. The lowest BCUT2D eigenvalue weighted by molar-refractivity contribution is 0.251. The zero-order valence-corrected chi connectivity index (χ0v) is 12.6. The van der Waals surface area contributed by atoms with Crippen LogP contribution < -0.4 is 5.32 Å². The maximum atomic E-state index is 9.01. The summed E-state index contributed by atoms with van der Waals surface area (Å²) in [6, 6.07) is 12.6. The van der Waals surface area contributed by atoms with Crippen LogP contribution in [0.4, 0.5) is 0 Å². The Kier molecular flexibility index (Phi) is 6.38. The van der Waals surface area contributed by atoms with Crippen LogP contribution in [0.5, 0.6) is 0 Å². The van der Waals surface area contributed by atoms with E-state index in [1.165, 1.54) is 11.1 Å². The summed E-state index contributed by atoms with van der Waals surface area (Å²) in [6.07, 6.45) is 5.66. The molecule has 0 aliphatic heterocycles. The Balaban J connectivity index is 1.93. The summed E-state index contributed by atoms with van der Waals surface area (Å²) in [6.45, 7) is 4.26. The number of hydrogen-bond donors (Lipinski definition) is 2. The summed E-state index contributed by atoms with van der Waals surface area (Å²) in [5.41, 5.74) is 3.62. The quantitative estimate of drug-likeness (QED) is 0.782. The van der Waals surface area contributed by atoms with Crippen molar-refractivity contribution in [3.05, 3.63) is 54.4 Å². The molecule has 1 aromatic heterocycles. The molecular formula is C18H24N2O. The van der Waals surface area contributed by atoms with Gasteiger partial charge in [-0.15, -0.1) is 0 Å². The van der Waals surface area contributed by atoms with Crippen molar-refractivity contribution >= 4 is 0 Å². The van der Waals surface area contributed by atoms with Crippen molar-refractivity contribution in [2.24, 2.45) is 5.92 Å². The van der Waals surface area contributed by atoms with Crippen LogP contribution in [-0.4, -0.2) is 23.2 Å². The molecule has 0 saturated heterocycles. The van der Waals surface area contributed by atoms with Gasteiger partial charge in [0.25, 0.3) is 0 Å². The third-order valence-electron chi connectivity index (χ3n) is 3.80. The van der Waals surface area contributed by atoms with Gasteiger partial charge in [-0.1, -0.05) is 37.6 Å². The van der Waals surface area contributed by atoms with Gasteiger partial charge >= 0.3 is 0 Å². The molecule has 2 N–H and O–H groups in total. The second-order valence-corrected chi connectivity index (χ2v) is 5.36. The molecule has 0 radical (unpaired) electrons. The van der Waals surface area contributed by atoms with E-state index < -0.39 is 0 Å². The first-order chi connectivity index (χ1) is 10.3. The van der Waals surface area contributed by atoms with E-state index in [1.807, 2.05) is 12.3 Å². The normalized spacial score (nSPS) is 12.3. The fraction of sp³-hybridized carbons (Fsp3) is 0.389. The average molecular weight is 284 g/mol. The molecule has 0 aliphatic carbocycles. The highest BCUT2D eigenvalue weighted by Crippen LogP contribution is 2.19. The van der Waals surface area contributed by atoms with E-state index >= 15 is 0 Å². The zero-order chi connectivity index (χ0) is 14.9. The molecule has 3 nitrogen and oxygen atoms in total. The predicted octanol–water partition coefficient (Wildman–Crippen LogP) is 3.25. The Morgan fingerprint density at radius 1 is 1.19 bits per heavy atom. The Labute approximate surface area is 127 Å². The highest BCUT2D eigenvalue weighted by Gasteiger charge is 2.05. The first kappa shape index (κ1) is 15.7. The molecule has 21 heavy (non-hydrogen) atoms. The van der Waals surface area contributed by atoms with E-state index in [0.717, 1.165) is 31.5 Å². The van der Waals surface area contributed by atoms with Crippen LogP contribution in [0.25, 0.3) is 11.1 Å². The molecule has 3 heteroatoms. The molecule has 0 saturated carbocycles. The molecule has 0 amide bonds. The highest BCUT2D eigenvalue weighted by atomic mass is 16.3. The summed E-state index contributed by atoms with van der Waals surface area (Å²) in [5.74, 6) is 0.552. The van der Waals surface area contributed by atoms with Crippen molar-refractivity contribution in [1.29, 1.82) is 0 Å². The van der Waals surface area contributed by atoms with Gasteiger partial charge in [-0.3, -0.25) is 4.98 Å². The lowest BCUT2D eigenvalue weighted by Crippen LogP contribution is -2.22. The van der Waals surface area contributed by atoms with Gasteiger partial charge in [0.2, 0.25) is 0 Å². The molecular weight excluding hydrogens is 260 g/mol. The van der Waals surface area contributed by atoms with Gasteiger partial charge in [0.15, 0.2) is 0 Å². The van der Waals surface area contributed by atoms with E-state index in [0.29, 0.717) is 5.92 Å². The number of aliphatic hydroxyl groups excluding tert-OH is 1. The predicted molar refractivity (Wildman–Crippen MR) is 86.9 cm³/mol. The first-order valence-corrected chi connectivity index (χ1v) is 7.64. The number of benzene rings is 1. The molecule has 1 unspecified atom stereocenters. The second-order valence-electron chi connectivity index (χ2n) is 5.36. The Morgan fingerprint density at radius 2 is 2.05 bits per heavy atom. The van der Waals surface area contributed by atoms with Crippen molar-refractivity contribution in [3.63, 3.8) is 0 Å². The number of rotatable bonds is 8. The van der Waals surface area contributed by atoms with Gasteiger partial charge in [-0.2, -0.15) is 0 Å². The number of hydrogen-bond acceptors (Lipinski definition) is 3. The van der Waals surface area contributed by atoms with E-state index in [2.05, 4.69) is 47.6 Å². The number of nitrogens with one attached hydrogen (secondary N) is 1. The summed E-state index contributed by atoms with van der Waals surface area (Å²) >= 11 is 0. The van der Waals surface area contributed by atoms with Gasteiger partial charge in [0, 0.05) is 25.5 Å². The maximum absolute atomic E-state index is 9.01. The lowest BCUT2D eigenvalue weighted by atomic mass is 10.0. The summed E-state index contributed by atoms with van der Waals surface area (Å²) in [4.78, 5) is 4.17. The third kappa shape index (κ3) is 4.96. The fourth-order valence-corrected chi connectivity index (χ4v) is 2.45. The first-order valence-electron chi connectivity index (χ1n) is 7.64. The van der Waals surface area contributed by atoms with E-state index in [4.69, 9.17) is 5.11 Å². The summed E-state index contributed by atoms with van der Waals surface area (Å²) in [5, 5.41) is 12.5. The molecule has 1 atom stereocenters. The zero-order valence-electron chi connectivity index (χ0n) is 12.6. The van der Waals surface area contributed by atoms with E-state index in [1.54, 1.807) is 6.20 Å². The monoisotopic (exact) mass is 284 g/mol. The van der Waals surface area contributed by atoms with Gasteiger partial charge in [-0.05, 0) is 47.7 Å². The van der Waals surface area contributed by atoms with Crippen molar-refractivity contribution in [2.45, 2.75) is 26.3 Å². The van der Waals surface area contributed by atoms with Crippen molar-refractivity contribution in [1.82, 2.24) is 10.3 Å². The van der Waals surface area contributed by atoms with Crippen LogP contribution in [0.1, 0.15) is 25.3 Å². The van der Waals surface area contributed by atoms with Crippen LogP contribution >= 0.6 is 0 Å². The maximum Gasteiger partial charge on any atom is 0.0434 e. The van der Waals surface area contributed by atoms with Crippen molar-refractivity contribution in [2.75, 3.05) is 13.2 Å². The minimum Gasteiger partial charge on any atom is -0.396 e. The molecule has 1 aromatic carbocycles. The fourth-order valence-electron chi connectivity index (χ4n) is 2.45. The minimum absolute atomic E-state index is 0.274. The topological polar surface area (TPSA) is 45.1 Å². The SMILES string of the molecule is CCC(CCO)CNCc1cccc(-c2cccnc2)c1. The minimum atomic E-state index is 0.274. The molecule has 0 aliphatic rings. The number of aliphatic hydroxyl groups is 1. The molecule has 2 aromatic rings. The van der Waals surface area contributed by atoms with Crippen LogP contribution in [0.3, 0.4) is 0 Å². The molecule has 0 spiro atoms. The Morgan fingerprint density at radius 3 is 2.76 bits per heavy atom. The number of aromatic nitrogens is 1. The van der Waals surface area contributed by atoms with Gasteiger partial charge in [-0.25, -0.2) is 0 Å². The molecule has 2 rings (SSSR count).